The van der Waals surface area contributed by atoms with Crippen LogP contribution in [0.4, 0.5) is 0 Å². The van der Waals surface area contributed by atoms with Crippen LogP contribution in [0.15, 0.2) is 35.7 Å². The van der Waals surface area contributed by atoms with Gasteiger partial charge in [0.15, 0.2) is 0 Å². The Hall–Kier alpha value is -1.08. The van der Waals surface area contributed by atoms with Crippen LogP contribution in [0.1, 0.15) is 22.8 Å². The van der Waals surface area contributed by atoms with Crippen molar-refractivity contribution in [3.8, 4) is 5.75 Å². The average Bonchev–Trinajstić information content (AvgIpc) is 2.92. The van der Waals surface area contributed by atoms with Gasteiger partial charge >= 0.3 is 0 Å². The summed E-state index contributed by atoms with van der Waals surface area (Å²) in [5, 5.41) is 1.91. The molecule has 1 aromatic heterocycles. The summed E-state index contributed by atoms with van der Waals surface area (Å²) in [5.74, 6) is 0.937. The maximum Gasteiger partial charge on any atom is 0.254 e. The van der Waals surface area contributed by atoms with Crippen LogP contribution >= 0.6 is 33.9 Å². The number of hydrogen-bond donors (Lipinski definition) is 0. The molecule has 2 aromatic rings. The van der Waals surface area contributed by atoms with Crippen LogP contribution in [-0.2, 0) is 6.42 Å². The first kappa shape index (κ1) is 16.3. The molecule has 0 bridgehead atoms. The van der Waals surface area contributed by atoms with Crippen LogP contribution < -0.4 is 4.74 Å². The molecule has 1 atom stereocenters. The van der Waals surface area contributed by atoms with E-state index < -0.39 is 0 Å². The zero-order chi connectivity index (χ0) is 15.4. The Morgan fingerprint density at radius 2 is 2.14 bits per heavy atom. The smallest absolute Gasteiger partial charge is 0.254 e. The molecule has 0 saturated heterocycles. The number of halogens is 1. The van der Waals surface area contributed by atoms with E-state index in [9.17, 15) is 4.79 Å². The molecule has 0 saturated carbocycles. The van der Waals surface area contributed by atoms with Crippen molar-refractivity contribution in [3.05, 3.63) is 49.7 Å². The van der Waals surface area contributed by atoms with Gasteiger partial charge in [-0.3, -0.25) is 4.79 Å². The van der Waals surface area contributed by atoms with Crippen molar-refractivity contribution in [3.63, 3.8) is 0 Å². The highest BCUT2D eigenvalue weighted by molar-refractivity contribution is 14.1. The molecule has 2 rings (SSSR count). The summed E-state index contributed by atoms with van der Waals surface area (Å²) >= 11 is 3.82. The lowest BCUT2D eigenvalue weighted by atomic mass is 10.0. The van der Waals surface area contributed by atoms with E-state index in [1.54, 1.807) is 23.3 Å². The highest BCUT2D eigenvalue weighted by Gasteiger charge is 2.19. The summed E-state index contributed by atoms with van der Waals surface area (Å²) < 4.78 is 6.50. The maximum absolute atomic E-state index is 12.4. The number of carbonyl (C=O) groups excluding carboxylic acids is 1. The van der Waals surface area contributed by atoms with Gasteiger partial charge in [-0.25, -0.2) is 0 Å². The van der Waals surface area contributed by atoms with Crippen molar-refractivity contribution < 1.29 is 9.53 Å². The fourth-order valence-corrected chi connectivity index (χ4v) is 3.47. The second kappa shape index (κ2) is 7.26. The molecule has 0 aliphatic carbocycles. The summed E-state index contributed by atoms with van der Waals surface area (Å²) in [6, 6.07) is 9.97. The van der Waals surface area contributed by atoms with Gasteiger partial charge < -0.3 is 9.64 Å². The minimum Gasteiger partial charge on any atom is -0.496 e. The number of amides is 1. The number of likely N-dealkylation sites (N-methyl/N-ethyl adjacent to an activating group) is 1. The first-order valence-electron chi connectivity index (χ1n) is 6.66. The Morgan fingerprint density at radius 1 is 1.43 bits per heavy atom. The molecule has 0 aliphatic heterocycles. The molecule has 0 radical (unpaired) electrons. The van der Waals surface area contributed by atoms with Gasteiger partial charge in [0, 0.05) is 18.5 Å². The van der Waals surface area contributed by atoms with Gasteiger partial charge in [0.25, 0.3) is 5.91 Å². The molecule has 0 spiro atoms. The monoisotopic (exact) mass is 415 g/mol. The van der Waals surface area contributed by atoms with E-state index in [4.69, 9.17) is 4.74 Å². The van der Waals surface area contributed by atoms with Crippen molar-refractivity contribution in [1.82, 2.24) is 4.90 Å². The first-order chi connectivity index (χ1) is 10.0. The van der Waals surface area contributed by atoms with Gasteiger partial charge in [0.1, 0.15) is 5.75 Å². The number of methoxy groups -OCH3 is 1. The van der Waals surface area contributed by atoms with Crippen molar-refractivity contribution in [1.29, 1.82) is 0 Å². The number of thiophene rings is 1. The van der Waals surface area contributed by atoms with Gasteiger partial charge in [-0.2, -0.15) is 0 Å². The third kappa shape index (κ3) is 3.97. The molecule has 0 fully saturated rings. The Kier molecular flexibility index (Phi) is 5.64. The number of nitrogens with zero attached hydrogens (tertiary/aromatic N) is 1. The number of para-hydroxylation sites is 1. The Morgan fingerprint density at radius 3 is 2.76 bits per heavy atom. The lowest BCUT2D eigenvalue weighted by Crippen LogP contribution is -2.36. The van der Waals surface area contributed by atoms with Gasteiger partial charge in [0.2, 0.25) is 0 Å². The number of hydrogen-bond acceptors (Lipinski definition) is 3. The molecule has 0 aliphatic rings. The van der Waals surface area contributed by atoms with E-state index in [2.05, 4.69) is 29.5 Å². The predicted octanol–water partition coefficient (Wildman–Crippen LogP) is 4.06. The van der Waals surface area contributed by atoms with Crippen molar-refractivity contribution in [2.45, 2.75) is 19.4 Å². The first-order valence-corrected chi connectivity index (χ1v) is 8.62. The van der Waals surface area contributed by atoms with Crippen molar-refractivity contribution in [2.75, 3.05) is 14.2 Å². The van der Waals surface area contributed by atoms with Crippen LogP contribution in [0.3, 0.4) is 0 Å². The van der Waals surface area contributed by atoms with Crippen molar-refractivity contribution >= 4 is 39.8 Å². The summed E-state index contributed by atoms with van der Waals surface area (Å²) in [4.78, 5) is 14.2. The quantitative estimate of drug-likeness (QED) is 0.690. The standard InChI is InChI=1S/C16H18INO2S/c1-11(8-12-6-4-5-7-14(12)20-3)18(2)16(19)13-9-15(17)21-10-13/h4-7,9-11H,8H2,1-3H3. The van der Waals surface area contributed by atoms with E-state index in [-0.39, 0.29) is 11.9 Å². The van der Waals surface area contributed by atoms with E-state index in [1.807, 2.05) is 42.8 Å². The lowest BCUT2D eigenvalue weighted by Gasteiger charge is -2.25. The van der Waals surface area contributed by atoms with Gasteiger partial charge in [-0.15, -0.1) is 11.3 Å². The van der Waals surface area contributed by atoms with E-state index >= 15 is 0 Å². The molecule has 3 nitrogen and oxygen atoms in total. The summed E-state index contributed by atoms with van der Waals surface area (Å²) in [6.07, 6.45) is 0.771. The lowest BCUT2D eigenvalue weighted by molar-refractivity contribution is 0.0743. The minimum atomic E-state index is 0.0663. The molecule has 1 aromatic carbocycles. The molecule has 1 amide bonds. The Balaban J connectivity index is 2.09. The normalized spacial score (nSPS) is 12.0. The zero-order valence-corrected chi connectivity index (χ0v) is 15.3. The predicted molar refractivity (Wildman–Crippen MR) is 95.3 cm³/mol. The molecule has 0 N–H and O–H groups in total. The van der Waals surface area contributed by atoms with Crippen LogP contribution in [0.25, 0.3) is 0 Å². The van der Waals surface area contributed by atoms with Crippen LogP contribution in [-0.4, -0.2) is 31.0 Å². The largest absolute Gasteiger partial charge is 0.496 e. The molecular weight excluding hydrogens is 397 g/mol. The molecule has 5 heteroatoms. The number of benzene rings is 1. The number of carbonyl (C=O) groups is 1. The number of rotatable bonds is 5. The minimum absolute atomic E-state index is 0.0663. The average molecular weight is 415 g/mol. The Labute approximate surface area is 143 Å². The molecule has 1 heterocycles. The molecule has 21 heavy (non-hydrogen) atoms. The zero-order valence-electron chi connectivity index (χ0n) is 12.3. The Bertz CT molecular complexity index is 626. The van der Waals surface area contributed by atoms with E-state index in [0.29, 0.717) is 0 Å². The van der Waals surface area contributed by atoms with E-state index in [1.165, 1.54) is 0 Å². The fourth-order valence-electron chi connectivity index (χ4n) is 2.15. The fraction of sp³-hybridized carbons (Fsp3) is 0.312. The summed E-state index contributed by atoms with van der Waals surface area (Å²) in [7, 11) is 3.53. The second-order valence-electron chi connectivity index (χ2n) is 4.92. The third-order valence-corrected chi connectivity index (χ3v) is 5.29. The highest BCUT2D eigenvalue weighted by Crippen LogP contribution is 2.22. The molecule has 1 unspecified atom stereocenters. The third-order valence-electron chi connectivity index (χ3n) is 3.50. The molecular formula is C16H18INO2S. The van der Waals surface area contributed by atoms with Gasteiger partial charge in [0.05, 0.1) is 15.6 Å². The number of ether oxygens (including phenoxy) is 1. The van der Waals surface area contributed by atoms with Crippen LogP contribution in [0.2, 0.25) is 0 Å². The SMILES string of the molecule is COc1ccccc1CC(C)N(C)C(=O)c1csc(I)c1. The van der Waals surface area contributed by atoms with Crippen LogP contribution in [0, 0.1) is 2.88 Å². The highest BCUT2D eigenvalue weighted by atomic mass is 127. The molecule has 112 valence electrons. The van der Waals surface area contributed by atoms with E-state index in [0.717, 1.165) is 26.2 Å². The second-order valence-corrected chi connectivity index (χ2v) is 7.73. The van der Waals surface area contributed by atoms with Gasteiger partial charge in [-0.05, 0) is 53.6 Å². The maximum atomic E-state index is 12.4. The van der Waals surface area contributed by atoms with Crippen molar-refractivity contribution in [2.24, 2.45) is 0 Å². The van der Waals surface area contributed by atoms with Gasteiger partial charge in [-0.1, -0.05) is 18.2 Å². The summed E-state index contributed by atoms with van der Waals surface area (Å²) in [5.41, 5.74) is 1.88. The topological polar surface area (TPSA) is 29.5 Å². The van der Waals surface area contributed by atoms with Crippen LogP contribution in [0.5, 0.6) is 5.75 Å². The summed E-state index contributed by atoms with van der Waals surface area (Å²) in [6.45, 7) is 2.06.